The van der Waals surface area contributed by atoms with Crippen molar-refractivity contribution >= 4 is 11.9 Å². The highest BCUT2D eigenvalue weighted by Crippen LogP contribution is 2.30. The highest BCUT2D eigenvalue weighted by molar-refractivity contribution is 5.96. The highest BCUT2D eigenvalue weighted by atomic mass is 16.1. The minimum Gasteiger partial charge on any atom is -0.295 e. The number of rotatable bonds is 4. The zero-order chi connectivity index (χ0) is 10.8. The zero-order valence-electron chi connectivity index (χ0n) is 9.23. The summed E-state index contributed by atoms with van der Waals surface area (Å²) < 4.78 is 1.93. The van der Waals surface area contributed by atoms with E-state index >= 15 is 0 Å². The first-order valence-electron chi connectivity index (χ1n) is 5.46. The van der Waals surface area contributed by atoms with Crippen molar-refractivity contribution < 1.29 is 4.79 Å². The van der Waals surface area contributed by atoms with Crippen LogP contribution >= 0.6 is 0 Å². The maximum atomic E-state index is 11.5. The van der Waals surface area contributed by atoms with Gasteiger partial charge in [0.15, 0.2) is 5.78 Å². The van der Waals surface area contributed by atoms with E-state index in [-0.39, 0.29) is 5.78 Å². The molecule has 3 nitrogen and oxygen atoms in total. The molecule has 0 N–H and O–H groups in total. The summed E-state index contributed by atoms with van der Waals surface area (Å²) in [7, 11) is 0. The topological polar surface area (TPSA) is 34.9 Å². The van der Waals surface area contributed by atoms with Crippen LogP contribution in [-0.4, -0.2) is 15.6 Å². The first kappa shape index (κ1) is 10.1. The third-order valence-electron chi connectivity index (χ3n) is 2.85. The summed E-state index contributed by atoms with van der Waals surface area (Å²) in [6, 6.07) is 0. The van der Waals surface area contributed by atoms with Gasteiger partial charge in [-0.2, -0.15) is 5.10 Å². The first-order chi connectivity index (χ1) is 7.22. The normalized spacial score (nSPS) is 16.1. The molecular formula is C12H16N2O. The minimum absolute atomic E-state index is 0.263. The quantitative estimate of drug-likeness (QED) is 0.705. The van der Waals surface area contributed by atoms with Crippen molar-refractivity contribution in [2.45, 2.75) is 33.2 Å². The summed E-state index contributed by atoms with van der Waals surface area (Å²) in [6.45, 7) is 4.96. The molecule has 1 aromatic rings. The molecule has 1 saturated carbocycles. The summed E-state index contributed by atoms with van der Waals surface area (Å²) in [6.07, 6.45) is 7.53. The van der Waals surface area contributed by atoms with Crippen LogP contribution in [0.4, 0.5) is 0 Å². The van der Waals surface area contributed by atoms with E-state index in [0.717, 1.165) is 30.6 Å². The van der Waals surface area contributed by atoms with Crippen LogP contribution < -0.4 is 0 Å². The number of aromatic nitrogens is 2. The Labute approximate surface area is 89.8 Å². The van der Waals surface area contributed by atoms with E-state index in [1.165, 1.54) is 0 Å². The first-order valence-corrected chi connectivity index (χ1v) is 5.46. The third kappa shape index (κ3) is 2.17. The minimum atomic E-state index is 0.263. The second kappa shape index (κ2) is 4.01. The maximum Gasteiger partial charge on any atom is 0.158 e. The summed E-state index contributed by atoms with van der Waals surface area (Å²) >= 11 is 0. The Bertz CT molecular complexity index is 400. The van der Waals surface area contributed by atoms with Crippen molar-refractivity contribution in [3.05, 3.63) is 23.5 Å². The third-order valence-corrected chi connectivity index (χ3v) is 2.85. The van der Waals surface area contributed by atoms with Gasteiger partial charge in [-0.3, -0.25) is 9.48 Å². The van der Waals surface area contributed by atoms with Crippen molar-refractivity contribution in [2.75, 3.05) is 0 Å². The molecule has 0 atom stereocenters. The maximum absolute atomic E-state index is 11.5. The molecule has 1 aromatic heterocycles. The van der Waals surface area contributed by atoms with Crippen molar-refractivity contribution in [3.63, 3.8) is 0 Å². The van der Waals surface area contributed by atoms with E-state index in [0.29, 0.717) is 5.92 Å². The van der Waals surface area contributed by atoms with Gasteiger partial charge >= 0.3 is 0 Å². The molecule has 0 aliphatic heterocycles. The van der Waals surface area contributed by atoms with Gasteiger partial charge in [0, 0.05) is 23.7 Å². The molecule has 0 spiro atoms. The van der Waals surface area contributed by atoms with Gasteiger partial charge in [0.1, 0.15) is 0 Å². The van der Waals surface area contributed by atoms with E-state index in [4.69, 9.17) is 0 Å². The van der Waals surface area contributed by atoms with E-state index in [1.54, 1.807) is 6.08 Å². The molecule has 3 heteroatoms. The van der Waals surface area contributed by atoms with Crippen LogP contribution in [0.5, 0.6) is 0 Å². The van der Waals surface area contributed by atoms with Crippen LogP contribution in [0.15, 0.2) is 12.3 Å². The Morgan fingerprint density at radius 3 is 2.93 bits per heavy atom. The molecule has 0 aromatic carbocycles. The van der Waals surface area contributed by atoms with Crippen molar-refractivity contribution in [1.29, 1.82) is 0 Å². The van der Waals surface area contributed by atoms with Crippen LogP contribution in [0.3, 0.4) is 0 Å². The number of allylic oxidation sites excluding steroid dienone is 1. The summed E-state index contributed by atoms with van der Waals surface area (Å²) in [4.78, 5) is 11.5. The molecule has 1 fully saturated rings. The van der Waals surface area contributed by atoms with Gasteiger partial charge in [-0.1, -0.05) is 0 Å². The SMILES string of the molecule is CCn1ncc(C=CC(=O)C2CC2)c1C. The largest absolute Gasteiger partial charge is 0.295 e. The lowest BCUT2D eigenvalue weighted by atomic mass is 10.2. The molecule has 0 unspecified atom stereocenters. The number of aryl methyl sites for hydroxylation is 1. The Morgan fingerprint density at radius 2 is 2.40 bits per heavy atom. The molecule has 0 saturated heterocycles. The number of nitrogens with zero attached hydrogens (tertiary/aromatic N) is 2. The van der Waals surface area contributed by atoms with Gasteiger partial charge in [-0.15, -0.1) is 0 Å². The van der Waals surface area contributed by atoms with Gasteiger partial charge in [-0.25, -0.2) is 0 Å². The standard InChI is InChI=1S/C12H16N2O/c1-3-14-9(2)11(8-13-14)6-7-12(15)10-4-5-10/h6-8,10H,3-5H2,1-2H3. The summed E-state index contributed by atoms with van der Waals surface area (Å²) in [5.74, 6) is 0.571. The molecule has 0 bridgehead atoms. The number of carbonyl (C=O) groups is 1. The highest BCUT2D eigenvalue weighted by Gasteiger charge is 2.27. The number of ketones is 1. The lowest BCUT2D eigenvalue weighted by Crippen LogP contribution is -1.98. The molecule has 1 heterocycles. The van der Waals surface area contributed by atoms with E-state index in [1.807, 2.05) is 23.9 Å². The summed E-state index contributed by atoms with van der Waals surface area (Å²) in [5, 5.41) is 4.23. The Kier molecular flexibility index (Phi) is 2.71. The fraction of sp³-hybridized carbons (Fsp3) is 0.500. The van der Waals surface area contributed by atoms with Crippen LogP contribution in [0, 0.1) is 12.8 Å². The lowest BCUT2D eigenvalue weighted by molar-refractivity contribution is -0.115. The van der Waals surface area contributed by atoms with Crippen LogP contribution in [0.25, 0.3) is 6.08 Å². The Balaban J connectivity index is 2.09. The average Bonchev–Trinajstić information content (AvgIpc) is 3.01. The fourth-order valence-electron chi connectivity index (χ4n) is 1.62. The molecule has 0 radical (unpaired) electrons. The van der Waals surface area contributed by atoms with Crippen LogP contribution in [0.1, 0.15) is 31.0 Å². The lowest BCUT2D eigenvalue weighted by Gasteiger charge is -1.98. The monoisotopic (exact) mass is 204 g/mol. The van der Waals surface area contributed by atoms with E-state index < -0.39 is 0 Å². The average molecular weight is 204 g/mol. The summed E-state index contributed by atoms with van der Waals surface area (Å²) in [5.41, 5.74) is 2.17. The van der Waals surface area contributed by atoms with Crippen molar-refractivity contribution in [1.82, 2.24) is 9.78 Å². The van der Waals surface area contributed by atoms with E-state index in [2.05, 4.69) is 12.0 Å². The van der Waals surface area contributed by atoms with Gasteiger partial charge in [0.05, 0.1) is 6.20 Å². The van der Waals surface area contributed by atoms with Gasteiger partial charge < -0.3 is 0 Å². The molecule has 15 heavy (non-hydrogen) atoms. The Hall–Kier alpha value is -1.38. The van der Waals surface area contributed by atoms with E-state index in [9.17, 15) is 4.79 Å². The molecule has 2 rings (SSSR count). The zero-order valence-corrected chi connectivity index (χ0v) is 9.23. The fourth-order valence-corrected chi connectivity index (χ4v) is 1.62. The predicted octanol–water partition coefficient (Wildman–Crippen LogP) is 2.20. The number of hydrogen-bond acceptors (Lipinski definition) is 2. The molecule has 1 aliphatic carbocycles. The predicted molar refractivity (Wildman–Crippen MR) is 59.4 cm³/mol. The van der Waals surface area contributed by atoms with Gasteiger partial charge in [-0.05, 0) is 38.8 Å². The van der Waals surface area contributed by atoms with Crippen LogP contribution in [-0.2, 0) is 11.3 Å². The van der Waals surface area contributed by atoms with Gasteiger partial charge in [0.25, 0.3) is 0 Å². The molecule has 1 aliphatic rings. The Morgan fingerprint density at radius 1 is 1.67 bits per heavy atom. The van der Waals surface area contributed by atoms with Gasteiger partial charge in [0.2, 0.25) is 0 Å². The number of carbonyl (C=O) groups excluding carboxylic acids is 1. The van der Waals surface area contributed by atoms with Crippen LogP contribution in [0.2, 0.25) is 0 Å². The van der Waals surface area contributed by atoms with Crippen molar-refractivity contribution in [3.8, 4) is 0 Å². The molecule has 80 valence electrons. The van der Waals surface area contributed by atoms with Crippen molar-refractivity contribution in [2.24, 2.45) is 5.92 Å². The molecule has 0 amide bonds. The second-order valence-corrected chi connectivity index (χ2v) is 4.01. The molecular weight excluding hydrogens is 188 g/mol. The number of hydrogen-bond donors (Lipinski definition) is 0. The smallest absolute Gasteiger partial charge is 0.158 e. The second-order valence-electron chi connectivity index (χ2n) is 4.01.